The summed E-state index contributed by atoms with van der Waals surface area (Å²) in [5.74, 6) is 0. The fraction of sp³-hybridized carbons (Fsp3) is 0.0149. The quantitative estimate of drug-likeness (QED) is 0.120. The van der Waals surface area contributed by atoms with E-state index in [1.165, 1.54) is 104 Å². The van der Waals surface area contributed by atoms with Crippen LogP contribution in [0.25, 0.3) is 55.0 Å². The molecule has 0 atom stereocenters. The third-order valence-corrected chi connectivity index (χ3v) is 20.6. The van der Waals surface area contributed by atoms with Crippen molar-refractivity contribution in [2.45, 2.75) is 5.41 Å². The molecule has 4 heterocycles. The number of benzene rings is 11. The summed E-state index contributed by atoms with van der Waals surface area (Å²) in [6.45, 7) is 0. The van der Waals surface area contributed by atoms with Gasteiger partial charge in [-0.2, -0.15) is 0 Å². The monoisotopic (exact) mass is 919 g/mol. The Balaban J connectivity index is 1.10. The van der Waals surface area contributed by atoms with Gasteiger partial charge in [-0.1, -0.05) is 212 Å². The summed E-state index contributed by atoms with van der Waals surface area (Å²) < 4.78 is 5.08. The van der Waals surface area contributed by atoms with Crippen molar-refractivity contribution in [3.05, 3.63) is 295 Å². The van der Waals surface area contributed by atoms with Gasteiger partial charge in [0.1, 0.15) is 0 Å². The second kappa shape index (κ2) is 15.3. The molecule has 0 radical (unpaired) electrons. The van der Waals surface area contributed by atoms with Gasteiger partial charge in [-0.25, -0.2) is 0 Å². The molecule has 0 bridgehead atoms. The number of anilines is 3. The van der Waals surface area contributed by atoms with Gasteiger partial charge in [-0.3, -0.25) is 0 Å². The minimum atomic E-state index is -3.17. The average molecular weight is 920 g/mol. The third-order valence-electron chi connectivity index (χ3n) is 15.8. The molecular formula is C67H45N3Si. The number of hydrogen-bond donors (Lipinski definition) is 0. The van der Waals surface area contributed by atoms with Gasteiger partial charge < -0.3 is 14.0 Å². The lowest BCUT2D eigenvalue weighted by Gasteiger charge is -2.49. The number of fused-ring (bicyclic) bond motifs is 14. The highest BCUT2D eigenvalue weighted by atomic mass is 28.3. The molecule has 71 heavy (non-hydrogen) atoms. The van der Waals surface area contributed by atoms with Gasteiger partial charge >= 0.3 is 0 Å². The zero-order chi connectivity index (χ0) is 46.7. The highest BCUT2D eigenvalue weighted by molar-refractivity contribution is 7.20. The molecule has 13 aromatic rings. The SMILES string of the molecule is c1ccc(N2c3ccccc3C3(c4ccccc42)c2ccc([Si](c4ccccc4)(c4ccccc4)c4ccc5c6ccccc6n(-c6ccccc6)c5c4)cc2-n2c4ccccc4c4cccc3c42)cc1. The third kappa shape index (κ3) is 5.37. The van der Waals surface area contributed by atoms with E-state index in [9.17, 15) is 0 Å². The predicted octanol–water partition coefficient (Wildman–Crippen LogP) is 13.7. The van der Waals surface area contributed by atoms with E-state index >= 15 is 0 Å². The van der Waals surface area contributed by atoms with E-state index in [-0.39, 0.29) is 0 Å². The van der Waals surface area contributed by atoms with Gasteiger partial charge in [-0.15, -0.1) is 0 Å². The first-order valence-corrected chi connectivity index (χ1v) is 26.7. The van der Waals surface area contributed by atoms with E-state index in [0.29, 0.717) is 0 Å². The lowest BCUT2D eigenvalue weighted by atomic mass is 9.60. The summed E-state index contributed by atoms with van der Waals surface area (Å²) in [5, 5.41) is 10.4. The largest absolute Gasteiger partial charge is 0.310 e. The Bertz CT molecular complexity index is 4140. The van der Waals surface area contributed by atoms with Crippen molar-refractivity contribution >= 4 is 89.5 Å². The lowest BCUT2D eigenvalue weighted by molar-refractivity contribution is 0.716. The fourth-order valence-corrected chi connectivity index (χ4v) is 17.9. The Labute approximate surface area is 413 Å². The predicted molar refractivity (Wildman–Crippen MR) is 299 cm³/mol. The normalized spacial score (nSPS) is 13.4. The Morgan fingerprint density at radius 2 is 0.718 bits per heavy atom. The maximum atomic E-state index is 2.62. The van der Waals surface area contributed by atoms with Crippen LogP contribution in [-0.4, -0.2) is 17.2 Å². The van der Waals surface area contributed by atoms with Crippen molar-refractivity contribution in [3.8, 4) is 11.4 Å². The Morgan fingerprint density at radius 1 is 0.268 bits per heavy atom. The van der Waals surface area contributed by atoms with Crippen molar-refractivity contribution in [2.75, 3.05) is 4.90 Å². The molecule has 2 aromatic heterocycles. The number of rotatable bonds is 6. The molecule has 332 valence electrons. The van der Waals surface area contributed by atoms with Gasteiger partial charge in [0.05, 0.1) is 44.5 Å². The second-order valence-corrected chi connectivity index (χ2v) is 23.0. The van der Waals surface area contributed by atoms with Gasteiger partial charge in [0.2, 0.25) is 0 Å². The van der Waals surface area contributed by atoms with Gasteiger partial charge in [-0.05, 0) is 104 Å². The van der Waals surface area contributed by atoms with E-state index in [4.69, 9.17) is 0 Å². The van der Waals surface area contributed by atoms with Gasteiger partial charge in [0.25, 0.3) is 0 Å². The molecule has 11 aromatic carbocycles. The standard InChI is InChI=1S/C67H45N3Si/c1-5-22-46(23-6-1)68-60-36-17-13-30-52(60)54-42-40-50(44-64(54)68)71(48-26-9-3-10-27-48,49-28-11-4-12-29-49)51-41-43-58-65(45-51)70-61-37-18-14-31-53(61)55-32-21-35-59(66(55)70)67(58)56-33-15-19-38-62(56)69(47-24-7-2-8-25-47)63-39-20-16-34-57(63)67/h1-45H. The average Bonchev–Trinajstić information content (AvgIpc) is 3.97. The molecule has 15 rings (SSSR count). The maximum Gasteiger partial charge on any atom is 0.179 e. The topological polar surface area (TPSA) is 13.1 Å². The molecular weight excluding hydrogens is 875 g/mol. The Morgan fingerprint density at radius 3 is 1.37 bits per heavy atom. The fourth-order valence-electron chi connectivity index (χ4n) is 13.1. The molecule has 0 fully saturated rings. The highest BCUT2D eigenvalue weighted by Gasteiger charge is 2.52. The van der Waals surface area contributed by atoms with E-state index in [2.05, 4.69) is 287 Å². The van der Waals surface area contributed by atoms with Crippen LogP contribution in [0.15, 0.2) is 273 Å². The van der Waals surface area contributed by atoms with Crippen molar-refractivity contribution < 1.29 is 0 Å². The minimum absolute atomic E-state index is 0.657. The van der Waals surface area contributed by atoms with E-state index in [1.807, 2.05) is 0 Å². The van der Waals surface area contributed by atoms with Crippen molar-refractivity contribution in [2.24, 2.45) is 0 Å². The number of para-hydroxylation sites is 7. The van der Waals surface area contributed by atoms with E-state index in [0.717, 1.165) is 11.4 Å². The van der Waals surface area contributed by atoms with Crippen LogP contribution in [0.4, 0.5) is 17.1 Å². The van der Waals surface area contributed by atoms with Crippen LogP contribution in [0, 0.1) is 0 Å². The van der Waals surface area contributed by atoms with Crippen LogP contribution in [-0.2, 0) is 5.41 Å². The first kappa shape index (κ1) is 40.0. The van der Waals surface area contributed by atoms with Crippen LogP contribution in [0.2, 0.25) is 0 Å². The summed E-state index contributed by atoms with van der Waals surface area (Å²) in [4.78, 5) is 2.47. The number of aromatic nitrogens is 2. The van der Waals surface area contributed by atoms with E-state index in [1.54, 1.807) is 0 Å². The first-order valence-electron chi connectivity index (χ1n) is 24.7. The number of hydrogen-bond acceptors (Lipinski definition) is 1. The maximum absolute atomic E-state index is 3.17. The Kier molecular flexibility index (Phi) is 8.60. The summed E-state index contributed by atoms with van der Waals surface area (Å²) in [6, 6.07) is 103. The minimum Gasteiger partial charge on any atom is -0.310 e. The first-order chi connectivity index (χ1) is 35.3. The molecule has 0 aliphatic carbocycles. The Hall–Kier alpha value is -8.96. The molecule has 2 aliphatic heterocycles. The van der Waals surface area contributed by atoms with Gasteiger partial charge in [0, 0.05) is 32.9 Å². The molecule has 2 aliphatic rings. The molecule has 4 heteroatoms. The van der Waals surface area contributed by atoms with Crippen molar-refractivity contribution in [1.29, 1.82) is 0 Å². The molecule has 0 N–H and O–H groups in total. The summed E-state index contributed by atoms with van der Waals surface area (Å²) in [7, 11) is -3.17. The van der Waals surface area contributed by atoms with Crippen LogP contribution in [0.5, 0.6) is 0 Å². The van der Waals surface area contributed by atoms with Crippen molar-refractivity contribution in [1.82, 2.24) is 9.13 Å². The molecule has 0 unspecified atom stereocenters. The van der Waals surface area contributed by atoms with Gasteiger partial charge in [0.15, 0.2) is 8.07 Å². The van der Waals surface area contributed by atoms with Crippen LogP contribution in [0.3, 0.4) is 0 Å². The number of nitrogens with zero attached hydrogens (tertiary/aromatic N) is 3. The molecule has 0 amide bonds. The zero-order valence-electron chi connectivity index (χ0n) is 38.8. The molecule has 3 nitrogen and oxygen atoms in total. The summed E-state index contributed by atoms with van der Waals surface area (Å²) >= 11 is 0. The van der Waals surface area contributed by atoms with Crippen molar-refractivity contribution in [3.63, 3.8) is 0 Å². The smallest absolute Gasteiger partial charge is 0.179 e. The van der Waals surface area contributed by atoms with Crippen LogP contribution >= 0.6 is 0 Å². The molecule has 0 saturated heterocycles. The molecule has 0 saturated carbocycles. The molecule has 1 spiro atoms. The highest BCUT2D eigenvalue weighted by Crippen LogP contribution is 2.61. The summed E-state index contributed by atoms with van der Waals surface area (Å²) in [6.07, 6.45) is 0. The van der Waals surface area contributed by atoms with Crippen LogP contribution < -0.4 is 25.6 Å². The van der Waals surface area contributed by atoms with Crippen LogP contribution in [0.1, 0.15) is 22.3 Å². The lowest BCUT2D eigenvalue weighted by Crippen LogP contribution is -2.74. The van der Waals surface area contributed by atoms with E-state index < -0.39 is 13.5 Å². The summed E-state index contributed by atoms with van der Waals surface area (Å²) in [5.41, 5.74) is 15.2. The zero-order valence-corrected chi connectivity index (χ0v) is 39.8. The second-order valence-electron chi connectivity index (χ2n) is 19.1.